The number of likely N-dealkylation sites (N-methyl/N-ethyl adjacent to an activating group) is 1. The molecular weight excluding hydrogens is 248 g/mol. The van der Waals surface area contributed by atoms with Gasteiger partial charge in [-0.25, -0.2) is 0 Å². The van der Waals surface area contributed by atoms with Gasteiger partial charge in [-0.1, -0.05) is 13.3 Å². The molecule has 0 heterocycles. The Morgan fingerprint density at radius 1 is 1.25 bits per heavy atom. The fourth-order valence-corrected chi connectivity index (χ4v) is 2.50. The van der Waals surface area contributed by atoms with Gasteiger partial charge in [-0.15, -0.1) is 0 Å². The van der Waals surface area contributed by atoms with E-state index >= 15 is 0 Å². The number of nitrogens with one attached hydrogen (secondary N) is 2. The molecule has 4 nitrogen and oxygen atoms in total. The molecule has 4 heteroatoms. The number of hydrogen-bond acceptors (Lipinski definition) is 2. The van der Waals surface area contributed by atoms with Gasteiger partial charge in [0.2, 0.25) is 0 Å². The maximum Gasteiger partial charge on any atom is 0.191 e. The normalized spacial score (nSPS) is 18.2. The zero-order valence-electron chi connectivity index (χ0n) is 14.1. The fraction of sp³-hybridized carbons (Fsp3) is 0.938. The maximum absolute atomic E-state index is 4.80. The number of aliphatic imine (C=N–C) groups is 1. The van der Waals surface area contributed by atoms with Gasteiger partial charge < -0.3 is 15.5 Å². The Labute approximate surface area is 125 Å². The average Bonchev–Trinajstić information content (AvgIpc) is 2.37. The molecule has 118 valence electrons. The molecule has 20 heavy (non-hydrogen) atoms. The lowest BCUT2D eigenvalue weighted by Gasteiger charge is -2.40. The quantitative estimate of drug-likeness (QED) is 0.531. The number of nitrogens with zero attached hydrogens (tertiary/aromatic N) is 2. The predicted molar refractivity (Wildman–Crippen MR) is 88.3 cm³/mol. The summed E-state index contributed by atoms with van der Waals surface area (Å²) in [7, 11) is 2.16. The van der Waals surface area contributed by atoms with Crippen LogP contribution in [0.2, 0.25) is 0 Å². The van der Waals surface area contributed by atoms with Crippen molar-refractivity contribution in [2.45, 2.75) is 59.4 Å². The topological polar surface area (TPSA) is 39.7 Å². The largest absolute Gasteiger partial charge is 0.357 e. The maximum atomic E-state index is 4.80. The van der Waals surface area contributed by atoms with E-state index in [9.17, 15) is 0 Å². The summed E-state index contributed by atoms with van der Waals surface area (Å²) in [6.45, 7) is 12.7. The second kappa shape index (κ2) is 8.50. The fourth-order valence-electron chi connectivity index (χ4n) is 2.50. The minimum absolute atomic E-state index is 0.497. The molecule has 0 bridgehead atoms. The van der Waals surface area contributed by atoms with Gasteiger partial charge in [0, 0.05) is 32.2 Å². The average molecular weight is 282 g/mol. The zero-order chi connectivity index (χ0) is 15.0. The molecule has 0 aliphatic heterocycles. The molecule has 0 atom stereocenters. The number of rotatable bonds is 8. The molecule has 0 saturated heterocycles. The van der Waals surface area contributed by atoms with Crippen LogP contribution in [0.25, 0.3) is 0 Å². The van der Waals surface area contributed by atoms with Crippen LogP contribution >= 0.6 is 0 Å². The van der Waals surface area contributed by atoms with Crippen LogP contribution in [0.3, 0.4) is 0 Å². The van der Waals surface area contributed by atoms with E-state index < -0.39 is 0 Å². The van der Waals surface area contributed by atoms with E-state index in [1.54, 1.807) is 0 Å². The minimum Gasteiger partial charge on any atom is -0.357 e. The first-order valence-electron chi connectivity index (χ1n) is 8.25. The molecule has 0 aromatic rings. The molecule has 1 rings (SSSR count). The highest BCUT2D eigenvalue weighted by Gasteiger charge is 2.34. The van der Waals surface area contributed by atoms with E-state index in [0.717, 1.165) is 32.1 Å². The summed E-state index contributed by atoms with van der Waals surface area (Å²) in [6.07, 6.45) is 5.34. The third-order valence-electron chi connectivity index (χ3n) is 4.72. The van der Waals surface area contributed by atoms with Crippen molar-refractivity contribution in [3.05, 3.63) is 0 Å². The van der Waals surface area contributed by atoms with E-state index in [-0.39, 0.29) is 0 Å². The molecule has 0 aromatic carbocycles. The molecule has 1 fully saturated rings. The monoisotopic (exact) mass is 282 g/mol. The SMILES string of the molecule is CCNC(=NCC1(CC)CCC1)NCCN(C)C(C)C. The first-order chi connectivity index (χ1) is 9.53. The van der Waals surface area contributed by atoms with E-state index in [0.29, 0.717) is 11.5 Å². The molecule has 0 unspecified atom stereocenters. The Morgan fingerprint density at radius 2 is 1.95 bits per heavy atom. The second-order valence-corrected chi connectivity index (χ2v) is 6.40. The predicted octanol–water partition coefficient (Wildman–Crippen LogP) is 2.46. The van der Waals surface area contributed by atoms with Crippen molar-refractivity contribution < 1.29 is 0 Å². The van der Waals surface area contributed by atoms with Crippen LogP contribution in [0.5, 0.6) is 0 Å². The highest BCUT2D eigenvalue weighted by molar-refractivity contribution is 5.79. The summed E-state index contributed by atoms with van der Waals surface area (Å²) in [5.74, 6) is 0.976. The van der Waals surface area contributed by atoms with Crippen LogP contribution in [-0.4, -0.2) is 50.1 Å². The molecule has 0 spiro atoms. The standard InChI is InChI=1S/C16H34N4/c1-6-16(9-8-10-16)13-19-15(17-7-2)18-11-12-20(5)14(3)4/h14H,6-13H2,1-5H3,(H2,17,18,19). The lowest BCUT2D eigenvalue weighted by atomic mass is 9.67. The van der Waals surface area contributed by atoms with Crippen molar-refractivity contribution in [3.8, 4) is 0 Å². The summed E-state index contributed by atoms with van der Waals surface area (Å²) in [5.41, 5.74) is 0.497. The van der Waals surface area contributed by atoms with Crippen molar-refractivity contribution in [1.82, 2.24) is 15.5 Å². The zero-order valence-corrected chi connectivity index (χ0v) is 14.1. The highest BCUT2D eigenvalue weighted by atomic mass is 15.2. The molecule has 0 amide bonds. The number of hydrogen-bond donors (Lipinski definition) is 2. The van der Waals surface area contributed by atoms with Gasteiger partial charge >= 0.3 is 0 Å². The molecular formula is C16H34N4. The van der Waals surface area contributed by atoms with Crippen LogP contribution in [0, 0.1) is 5.41 Å². The highest BCUT2D eigenvalue weighted by Crippen LogP contribution is 2.43. The summed E-state index contributed by atoms with van der Waals surface area (Å²) >= 11 is 0. The van der Waals surface area contributed by atoms with Crippen LogP contribution < -0.4 is 10.6 Å². The second-order valence-electron chi connectivity index (χ2n) is 6.40. The van der Waals surface area contributed by atoms with Crippen LogP contribution in [0.4, 0.5) is 0 Å². The van der Waals surface area contributed by atoms with Gasteiger partial charge in [0.15, 0.2) is 5.96 Å². The van der Waals surface area contributed by atoms with E-state index in [4.69, 9.17) is 4.99 Å². The third-order valence-corrected chi connectivity index (χ3v) is 4.72. The molecule has 2 N–H and O–H groups in total. The molecule has 0 aromatic heterocycles. The Morgan fingerprint density at radius 3 is 2.40 bits per heavy atom. The third kappa shape index (κ3) is 5.31. The van der Waals surface area contributed by atoms with E-state index in [2.05, 4.69) is 50.3 Å². The Kier molecular flexibility index (Phi) is 7.35. The van der Waals surface area contributed by atoms with Crippen LogP contribution in [0.1, 0.15) is 53.4 Å². The van der Waals surface area contributed by atoms with Crippen molar-refractivity contribution in [1.29, 1.82) is 0 Å². The molecule has 0 radical (unpaired) electrons. The van der Waals surface area contributed by atoms with Gasteiger partial charge in [-0.3, -0.25) is 4.99 Å². The summed E-state index contributed by atoms with van der Waals surface area (Å²) in [6, 6.07) is 0.592. The molecule has 1 saturated carbocycles. The van der Waals surface area contributed by atoms with Crippen molar-refractivity contribution in [3.63, 3.8) is 0 Å². The summed E-state index contributed by atoms with van der Waals surface area (Å²) < 4.78 is 0. The van der Waals surface area contributed by atoms with Gasteiger partial charge in [0.1, 0.15) is 0 Å². The minimum atomic E-state index is 0.497. The first kappa shape index (κ1) is 17.3. The van der Waals surface area contributed by atoms with Crippen LogP contribution in [-0.2, 0) is 0 Å². The lowest BCUT2D eigenvalue weighted by molar-refractivity contribution is 0.139. The van der Waals surface area contributed by atoms with Crippen molar-refractivity contribution >= 4 is 5.96 Å². The van der Waals surface area contributed by atoms with Gasteiger partial charge in [0.25, 0.3) is 0 Å². The Bertz CT molecular complexity index is 289. The smallest absolute Gasteiger partial charge is 0.191 e. The van der Waals surface area contributed by atoms with Crippen molar-refractivity contribution in [2.24, 2.45) is 10.4 Å². The lowest BCUT2D eigenvalue weighted by Crippen LogP contribution is -2.43. The molecule has 1 aliphatic carbocycles. The summed E-state index contributed by atoms with van der Waals surface area (Å²) in [4.78, 5) is 7.14. The van der Waals surface area contributed by atoms with Gasteiger partial charge in [-0.05, 0) is 52.5 Å². The van der Waals surface area contributed by atoms with Crippen molar-refractivity contribution in [2.75, 3.05) is 33.2 Å². The Balaban J connectivity index is 2.39. The van der Waals surface area contributed by atoms with Gasteiger partial charge in [-0.2, -0.15) is 0 Å². The summed E-state index contributed by atoms with van der Waals surface area (Å²) in [5, 5.41) is 6.80. The number of guanidine groups is 1. The van der Waals surface area contributed by atoms with E-state index in [1.807, 2.05) is 0 Å². The first-order valence-corrected chi connectivity index (χ1v) is 8.25. The van der Waals surface area contributed by atoms with E-state index in [1.165, 1.54) is 25.7 Å². The van der Waals surface area contributed by atoms with Crippen LogP contribution in [0.15, 0.2) is 4.99 Å². The Hall–Kier alpha value is -0.770. The molecule has 1 aliphatic rings. The van der Waals surface area contributed by atoms with Gasteiger partial charge in [0.05, 0.1) is 0 Å².